The summed E-state index contributed by atoms with van der Waals surface area (Å²) >= 11 is 0. The van der Waals surface area contributed by atoms with Crippen LogP contribution in [0.2, 0.25) is 0 Å². The first-order valence-electron chi connectivity index (χ1n) is 25.3. The van der Waals surface area contributed by atoms with Gasteiger partial charge in [0.2, 0.25) is 0 Å². The lowest BCUT2D eigenvalue weighted by molar-refractivity contribution is 0.652. The van der Waals surface area contributed by atoms with Crippen LogP contribution in [0.3, 0.4) is 0 Å². The van der Waals surface area contributed by atoms with E-state index in [-0.39, 0.29) is 16.2 Å². The average Bonchev–Trinajstić information content (AvgIpc) is 4.11. The molecule has 0 atom stereocenters. The summed E-state index contributed by atoms with van der Waals surface area (Å²) < 4.78 is 4.87. The van der Waals surface area contributed by atoms with E-state index < -0.39 is 0 Å². The summed E-state index contributed by atoms with van der Waals surface area (Å²) in [5.41, 5.74) is 28.5. The topological polar surface area (TPSA) is 9.86 Å². The lowest BCUT2D eigenvalue weighted by Crippen LogP contribution is -2.17. The third-order valence-electron chi connectivity index (χ3n) is 17.3. The number of fused-ring (bicyclic) bond motifs is 15. The van der Waals surface area contributed by atoms with Crippen LogP contribution in [0.25, 0.3) is 111 Å². The number of benzene rings is 10. The second-order valence-electron chi connectivity index (χ2n) is 22.1. The molecule has 0 fully saturated rings. The zero-order valence-corrected chi connectivity index (χ0v) is 41.0. The van der Waals surface area contributed by atoms with Crippen molar-refractivity contribution in [1.82, 2.24) is 9.13 Å². The van der Waals surface area contributed by atoms with Gasteiger partial charge in [0.15, 0.2) is 0 Å². The molecule has 2 nitrogen and oxygen atoms in total. The van der Waals surface area contributed by atoms with E-state index in [9.17, 15) is 0 Å². The van der Waals surface area contributed by atoms with E-state index in [1.807, 2.05) is 0 Å². The maximum absolute atomic E-state index is 2.54. The Morgan fingerprint density at radius 2 is 0.620 bits per heavy atom. The molecule has 12 aromatic rings. The van der Waals surface area contributed by atoms with Crippen molar-refractivity contribution < 1.29 is 0 Å². The molecule has 0 saturated carbocycles. The summed E-state index contributed by atoms with van der Waals surface area (Å²) in [6, 6.07) is 78.2. The lowest BCUT2D eigenvalue weighted by Gasteiger charge is -2.24. The summed E-state index contributed by atoms with van der Waals surface area (Å²) in [5.74, 6) is 0. The molecule has 0 unspecified atom stereocenters. The van der Waals surface area contributed by atoms with Gasteiger partial charge in [-0.3, -0.25) is 0 Å². The van der Waals surface area contributed by atoms with Gasteiger partial charge in [0, 0.05) is 49.2 Å². The van der Waals surface area contributed by atoms with Crippen molar-refractivity contribution in [2.45, 2.75) is 57.8 Å². The highest BCUT2D eigenvalue weighted by Crippen LogP contribution is 2.57. The molecule has 15 rings (SSSR count). The number of para-hydroxylation sites is 3. The zero-order valence-electron chi connectivity index (χ0n) is 41.0. The molecule has 2 heteroatoms. The zero-order chi connectivity index (χ0) is 47.7. The Hall–Kier alpha value is -8.20. The van der Waals surface area contributed by atoms with Crippen molar-refractivity contribution in [3.05, 3.63) is 240 Å². The summed E-state index contributed by atoms with van der Waals surface area (Å²) in [7, 11) is 0. The van der Waals surface area contributed by atoms with Crippen LogP contribution in [0, 0.1) is 0 Å². The van der Waals surface area contributed by atoms with Gasteiger partial charge in [0.05, 0.1) is 22.1 Å². The Morgan fingerprint density at radius 1 is 0.239 bits per heavy atom. The van der Waals surface area contributed by atoms with Gasteiger partial charge in [-0.1, -0.05) is 163 Å². The van der Waals surface area contributed by atoms with Crippen molar-refractivity contribution in [2.24, 2.45) is 0 Å². The number of aromatic nitrogens is 2. The summed E-state index contributed by atoms with van der Waals surface area (Å²) in [6.45, 7) is 14.4. The maximum Gasteiger partial charge on any atom is 0.0541 e. The van der Waals surface area contributed by atoms with E-state index >= 15 is 0 Å². The first-order chi connectivity index (χ1) is 34.5. The van der Waals surface area contributed by atoms with Crippen LogP contribution in [-0.4, -0.2) is 9.13 Å². The van der Waals surface area contributed by atoms with Gasteiger partial charge in [-0.05, 0) is 174 Å². The van der Waals surface area contributed by atoms with E-state index in [0.717, 1.165) is 0 Å². The first kappa shape index (κ1) is 40.7. The quantitative estimate of drug-likeness (QED) is 0.167. The largest absolute Gasteiger partial charge is 0.309 e. The Kier molecular flexibility index (Phi) is 8.01. The van der Waals surface area contributed by atoms with Crippen molar-refractivity contribution in [1.29, 1.82) is 0 Å². The van der Waals surface area contributed by atoms with E-state index in [0.29, 0.717) is 0 Å². The normalized spacial score (nSPS) is 15.2. The minimum atomic E-state index is -0.169. The molecule has 0 N–H and O–H groups in total. The molecule has 338 valence electrons. The summed E-state index contributed by atoms with van der Waals surface area (Å²) in [4.78, 5) is 0. The smallest absolute Gasteiger partial charge is 0.0541 e. The highest BCUT2D eigenvalue weighted by Gasteiger charge is 2.42. The van der Waals surface area contributed by atoms with Gasteiger partial charge < -0.3 is 9.13 Å². The number of hydrogen-bond donors (Lipinski definition) is 0. The van der Waals surface area contributed by atoms with E-state index in [1.165, 1.54) is 144 Å². The van der Waals surface area contributed by atoms with Gasteiger partial charge in [-0.25, -0.2) is 0 Å². The molecular formula is C69H52N2. The number of nitrogens with zero attached hydrogens (tertiary/aromatic N) is 2. The summed E-state index contributed by atoms with van der Waals surface area (Å²) in [5, 5.41) is 5.11. The molecule has 0 amide bonds. The van der Waals surface area contributed by atoms with Crippen molar-refractivity contribution in [3.63, 3.8) is 0 Å². The molecule has 0 spiro atoms. The van der Waals surface area contributed by atoms with Crippen molar-refractivity contribution in [3.8, 4) is 67.0 Å². The summed E-state index contributed by atoms with van der Waals surface area (Å²) in [6.07, 6.45) is 0. The average molecular weight is 909 g/mol. The fraction of sp³-hybridized carbons (Fsp3) is 0.130. The Morgan fingerprint density at radius 3 is 1.20 bits per heavy atom. The van der Waals surface area contributed by atoms with E-state index in [1.54, 1.807) is 0 Å². The molecule has 0 aliphatic heterocycles. The fourth-order valence-corrected chi connectivity index (χ4v) is 13.6. The first-order valence-corrected chi connectivity index (χ1v) is 25.3. The predicted molar refractivity (Wildman–Crippen MR) is 299 cm³/mol. The molecule has 3 aliphatic carbocycles. The molecule has 10 aromatic carbocycles. The predicted octanol–water partition coefficient (Wildman–Crippen LogP) is 18.1. The van der Waals surface area contributed by atoms with Crippen LogP contribution >= 0.6 is 0 Å². The van der Waals surface area contributed by atoms with Crippen LogP contribution in [-0.2, 0) is 16.2 Å². The minimum Gasteiger partial charge on any atom is -0.309 e. The standard InChI is InChI=1S/C69H52N2/c1-67(2)57-21-13-10-18-47(57)48-31-28-46(38-60(48)67)71-64-23-15-12-20-52(64)56-35-42(27-33-66(56)71)44-25-30-50-54-40-61-53(39-62(54)69(5,6)59(50)37-44)49-29-24-43(36-58(49)68(61,3)4)41-26-32-65-55(34-41)51-19-11-14-22-63(51)70(65)45-16-8-7-9-17-45/h7-40H,1-6H3. The van der Waals surface area contributed by atoms with Crippen LogP contribution in [0.1, 0.15) is 74.9 Å². The highest BCUT2D eigenvalue weighted by atomic mass is 15.0. The van der Waals surface area contributed by atoms with Crippen molar-refractivity contribution in [2.75, 3.05) is 0 Å². The van der Waals surface area contributed by atoms with Gasteiger partial charge >= 0.3 is 0 Å². The van der Waals surface area contributed by atoms with Crippen LogP contribution in [0.5, 0.6) is 0 Å². The van der Waals surface area contributed by atoms with E-state index in [2.05, 4.69) is 257 Å². The third kappa shape index (κ3) is 5.43. The molecule has 71 heavy (non-hydrogen) atoms. The van der Waals surface area contributed by atoms with Crippen LogP contribution < -0.4 is 0 Å². The van der Waals surface area contributed by atoms with E-state index in [4.69, 9.17) is 0 Å². The SMILES string of the molecule is CC1(C)c2ccccc2-c2ccc(-n3c4ccccc4c4cc(-c5ccc6c(c5)C(C)(C)c5cc7c(cc5-6)C(C)(C)c5cc(-c6ccc8c(c6)c6ccccc6n8-c6ccccc6)ccc5-7)ccc43)cc21. The number of rotatable bonds is 4. The molecule has 2 aromatic heterocycles. The van der Waals surface area contributed by atoms with Gasteiger partial charge in [0.25, 0.3) is 0 Å². The Bertz CT molecular complexity index is 4300. The second-order valence-corrected chi connectivity index (χ2v) is 22.1. The van der Waals surface area contributed by atoms with Crippen LogP contribution in [0.4, 0.5) is 0 Å². The van der Waals surface area contributed by atoms with Crippen LogP contribution in [0.15, 0.2) is 206 Å². The van der Waals surface area contributed by atoms with Gasteiger partial charge in [-0.15, -0.1) is 0 Å². The van der Waals surface area contributed by atoms with Gasteiger partial charge in [-0.2, -0.15) is 0 Å². The molecule has 3 aliphatic rings. The lowest BCUT2D eigenvalue weighted by atomic mass is 9.79. The Balaban J connectivity index is 0.787. The molecule has 2 heterocycles. The third-order valence-corrected chi connectivity index (χ3v) is 17.3. The highest BCUT2D eigenvalue weighted by molar-refractivity contribution is 6.12. The second kappa shape index (κ2) is 14.0. The minimum absolute atomic E-state index is 0.0646. The molecular weight excluding hydrogens is 857 g/mol. The Labute approximate surface area is 415 Å². The maximum atomic E-state index is 2.54. The van der Waals surface area contributed by atoms with Crippen molar-refractivity contribution >= 4 is 43.6 Å². The monoisotopic (exact) mass is 908 g/mol. The van der Waals surface area contributed by atoms with Gasteiger partial charge in [0.1, 0.15) is 0 Å². The molecule has 0 saturated heterocycles. The number of hydrogen-bond acceptors (Lipinski definition) is 0. The molecule has 0 radical (unpaired) electrons. The molecule has 0 bridgehead atoms. The fourth-order valence-electron chi connectivity index (χ4n) is 13.6.